The van der Waals surface area contributed by atoms with E-state index in [1.807, 2.05) is 13.8 Å². The van der Waals surface area contributed by atoms with Crippen molar-refractivity contribution in [2.45, 2.75) is 32.8 Å². The molecular formula is C14H21FN2OS. The molecule has 0 atom stereocenters. The van der Waals surface area contributed by atoms with Crippen LogP contribution in [0, 0.1) is 5.82 Å². The second-order valence-corrected chi connectivity index (χ2v) is 5.05. The number of halogens is 1. The van der Waals surface area contributed by atoms with Crippen LogP contribution in [-0.2, 0) is 4.74 Å². The summed E-state index contributed by atoms with van der Waals surface area (Å²) in [5.74, 6) is -0.388. The van der Waals surface area contributed by atoms with Crippen molar-refractivity contribution in [2.24, 2.45) is 5.73 Å². The fourth-order valence-corrected chi connectivity index (χ4v) is 1.77. The fourth-order valence-electron chi connectivity index (χ4n) is 1.60. The van der Waals surface area contributed by atoms with Gasteiger partial charge in [0.25, 0.3) is 0 Å². The van der Waals surface area contributed by atoms with Crippen molar-refractivity contribution in [2.75, 3.05) is 18.5 Å². The SMILES string of the molecule is CC(C)OCCCCNc1ccc(C(N)=S)c(F)c1. The van der Waals surface area contributed by atoms with Gasteiger partial charge in [-0.3, -0.25) is 0 Å². The van der Waals surface area contributed by atoms with Crippen LogP contribution in [0.15, 0.2) is 18.2 Å². The number of benzene rings is 1. The van der Waals surface area contributed by atoms with E-state index >= 15 is 0 Å². The highest BCUT2D eigenvalue weighted by Gasteiger charge is 2.05. The maximum atomic E-state index is 13.6. The minimum Gasteiger partial charge on any atom is -0.389 e. The average Bonchev–Trinajstić information content (AvgIpc) is 2.32. The predicted octanol–water partition coefficient (Wildman–Crippen LogP) is 3.08. The molecule has 0 bridgehead atoms. The topological polar surface area (TPSA) is 47.3 Å². The van der Waals surface area contributed by atoms with Gasteiger partial charge in [0.05, 0.1) is 6.10 Å². The van der Waals surface area contributed by atoms with E-state index in [-0.39, 0.29) is 22.5 Å². The molecule has 3 N–H and O–H groups in total. The number of rotatable bonds is 8. The summed E-state index contributed by atoms with van der Waals surface area (Å²) in [6, 6.07) is 4.79. The van der Waals surface area contributed by atoms with Crippen molar-refractivity contribution in [3.8, 4) is 0 Å². The molecule has 19 heavy (non-hydrogen) atoms. The number of nitrogens with two attached hydrogens (primary N) is 1. The molecule has 0 unspecified atom stereocenters. The number of anilines is 1. The summed E-state index contributed by atoms with van der Waals surface area (Å²) >= 11 is 4.75. The lowest BCUT2D eigenvalue weighted by atomic mass is 10.2. The molecule has 1 aromatic carbocycles. The van der Waals surface area contributed by atoms with Crippen molar-refractivity contribution in [3.63, 3.8) is 0 Å². The minimum atomic E-state index is -0.388. The molecule has 1 aromatic rings. The molecule has 0 fully saturated rings. The Morgan fingerprint density at radius 3 is 2.74 bits per heavy atom. The monoisotopic (exact) mass is 284 g/mol. The number of thiocarbonyl (C=S) groups is 1. The Balaban J connectivity index is 2.30. The van der Waals surface area contributed by atoms with Crippen molar-refractivity contribution in [3.05, 3.63) is 29.6 Å². The normalized spacial score (nSPS) is 10.7. The third kappa shape index (κ3) is 5.98. The van der Waals surface area contributed by atoms with Crippen LogP contribution in [0.4, 0.5) is 10.1 Å². The van der Waals surface area contributed by atoms with Gasteiger partial charge < -0.3 is 15.8 Å². The summed E-state index contributed by atoms with van der Waals surface area (Å²) in [5.41, 5.74) is 6.42. The molecule has 0 radical (unpaired) electrons. The molecule has 0 aliphatic carbocycles. The smallest absolute Gasteiger partial charge is 0.135 e. The van der Waals surface area contributed by atoms with Crippen molar-refractivity contribution in [1.29, 1.82) is 0 Å². The summed E-state index contributed by atoms with van der Waals surface area (Å²) in [4.78, 5) is 0.0786. The molecule has 106 valence electrons. The number of ether oxygens (including phenoxy) is 1. The summed E-state index contributed by atoms with van der Waals surface area (Å²) in [6.07, 6.45) is 2.24. The summed E-state index contributed by atoms with van der Waals surface area (Å²) in [7, 11) is 0. The molecule has 0 saturated carbocycles. The quantitative estimate of drug-likeness (QED) is 0.569. The Labute approximate surface area is 119 Å². The minimum absolute atomic E-state index is 0.0786. The maximum Gasteiger partial charge on any atom is 0.135 e. The summed E-state index contributed by atoms with van der Waals surface area (Å²) < 4.78 is 19.0. The highest BCUT2D eigenvalue weighted by molar-refractivity contribution is 7.80. The largest absolute Gasteiger partial charge is 0.389 e. The van der Waals surface area contributed by atoms with Gasteiger partial charge in [0.15, 0.2) is 0 Å². The number of unbranched alkanes of at least 4 members (excludes halogenated alkanes) is 1. The number of nitrogens with one attached hydrogen (secondary N) is 1. The Hall–Kier alpha value is -1.20. The lowest BCUT2D eigenvalue weighted by molar-refractivity contribution is 0.0765. The van der Waals surface area contributed by atoms with Gasteiger partial charge in [0.1, 0.15) is 10.8 Å². The highest BCUT2D eigenvalue weighted by Crippen LogP contribution is 2.14. The van der Waals surface area contributed by atoms with E-state index in [0.29, 0.717) is 0 Å². The number of hydrogen-bond acceptors (Lipinski definition) is 3. The first kappa shape index (κ1) is 15.9. The summed E-state index contributed by atoms with van der Waals surface area (Å²) in [6.45, 7) is 5.58. The van der Waals surface area contributed by atoms with E-state index < -0.39 is 0 Å². The van der Waals surface area contributed by atoms with Crippen LogP contribution >= 0.6 is 12.2 Å². The first-order valence-electron chi connectivity index (χ1n) is 6.45. The zero-order valence-electron chi connectivity index (χ0n) is 11.4. The van der Waals surface area contributed by atoms with Gasteiger partial charge >= 0.3 is 0 Å². The van der Waals surface area contributed by atoms with E-state index in [1.54, 1.807) is 12.1 Å². The Morgan fingerprint density at radius 1 is 1.42 bits per heavy atom. The average molecular weight is 284 g/mol. The highest BCUT2D eigenvalue weighted by atomic mass is 32.1. The molecule has 0 saturated heterocycles. The van der Waals surface area contributed by atoms with Gasteiger partial charge in [-0.05, 0) is 44.9 Å². The van der Waals surface area contributed by atoms with E-state index in [9.17, 15) is 4.39 Å². The molecule has 0 spiro atoms. The lowest BCUT2D eigenvalue weighted by Gasteiger charge is -2.09. The molecule has 5 heteroatoms. The van der Waals surface area contributed by atoms with Crippen molar-refractivity contribution >= 4 is 22.9 Å². The first-order chi connectivity index (χ1) is 9.00. The number of hydrogen-bond donors (Lipinski definition) is 2. The van der Waals surface area contributed by atoms with E-state index in [1.165, 1.54) is 6.07 Å². The lowest BCUT2D eigenvalue weighted by Crippen LogP contribution is -2.12. The predicted molar refractivity (Wildman–Crippen MR) is 81.1 cm³/mol. The van der Waals surface area contributed by atoms with Gasteiger partial charge in [0.2, 0.25) is 0 Å². The second-order valence-electron chi connectivity index (χ2n) is 4.61. The van der Waals surface area contributed by atoms with Crippen LogP contribution in [0.3, 0.4) is 0 Å². The van der Waals surface area contributed by atoms with Gasteiger partial charge in [-0.25, -0.2) is 4.39 Å². The first-order valence-corrected chi connectivity index (χ1v) is 6.86. The molecule has 0 heterocycles. The van der Waals surface area contributed by atoms with Crippen LogP contribution in [0.2, 0.25) is 0 Å². The molecule has 0 aliphatic heterocycles. The van der Waals surface area contributed by atoms with Crippen LogP contribution in [-0.4, -0.2) is 24.2 Å². The Kier molecular flexibility index (Phi) is 6.73. The summed E-state index contributed by atoms with van der Waals surface area (Å²) in [5, 5.41) is 3.16. The molecule has 0 amide bonds. The van der Waals surface area contributed by atoms with E-state index in [4.69, 9.17) is 22.7 Å². The third-order valence-corrected chi connectivity index (χ3v) is 2.81. The molecular weight excluding hydrogens is 263 g/mol. The molecule has 1 rings (SSSR count). The zero-order valence-corrected chi connectivity index (χ0v) is 12.2. The standard InChI is InChI=1S/C14H21FN2OS/c1-10(2)18-8-4-3-7-17-11-5-6-12(14(16)19)13(15)9-11/h5-6,9-10,17H,3-4,7-8H2,1-2H3,(H2,16,19). The Morgan fingerprint density at radius 2 is 2.16 bits per heavy atom. The second kappa shape index (κ2) is 8.07. The van der Waals surface area contributed by atoms with E-state index in [2.05, 4.69) is 5.32 Å². The van der Waals surface area contributed by atoms with Crippen LogP contribution in [0.1, 0.15) is 32.3 Å². The zero-order chi connectivity index (χ0) is 14.3. The molecule has 0 aliphatic rings. The van der Waals surface area contributed by atoms with Gasteiger partial charge in [-0.1, -0.05) is 12.2 Å². The maximum absolute atomic E-state index is 13.6. The third-order valence-electron chi connectivity index (χ3n) is 2.59. The van der Waals surface area contributed by atoms with Crippen molar-refractivity contribution < 1.29 is 9.13 Å². The van der Waals surface area contributed by atoms with E-state index in [0.717, 1.165) is 31.7 Å². The van der Waals surface area contributed by atoms with Crippen LogP contribution in [0.25, 0.3) is 0 Å². The molecule has 3 nitrogen and oxygen atoms in total. The molecule has 0 aromatic heterocycles. The van der Waals surface area contributed by atoms with Crippen LogP contribution < -0.4 is 11.1 Å². The van der Waals surface area contributed by atoms with Gasteiger partial charge in [-0.15, -0.1) is 0 Å². The van der Waals surface area contributed by atoms with Gasteiger partial charge in [-0.2, -0.15) is 0 Å². The van der Waals surface area contributed by atoms with Gasteiger partial charge in [0, 0.05) is 24.4 Å². The fraction of sp³-hybridized carbons (Fsp3) is 0.500. The Bertz CT molecular complexity index is 424. The van der Waals surface area contributed by atoms with Crippen LogP contribution in [0.5, 0.6) is 0 Å². The van der Waals surface area contributed by atoms with Crippen molar-refractivity contribution in [1.82, 2.24) is 0 Å².